The Bertz CT molecular complexity index is 349. The lowest BCUT2D eigenvalue weighted by Gasteiger charge is -2.28. The van der Waals surface area contributed by atoms with Gasteiger partial charge in [0.25, 0.3) is 0 Å². The number of carboxylic acid groups (broad SMARTS) is 1. The van der Waals surface area contributed by atoms with Crippen LogP contribution in [0.5, 0.6) is 0 Å². The molecular formula is C15H29N3O3. The van der Waals surface area contributed by atoms with E-state index in [2.05, 4.69) is 24.1 Å². The van der Waals surface area contributed by atoms with E-state index in [1.54, 1.807) is 0 Å². The van der Waals surface area contributed by atoms with Crippen LogP contribution in [0.25, 0.3) is 0 Å². The van der Waals surface area contributed by atoms with Crippen LogP contribution < -0.4 is 5.32 Å². The number of likely N-dealkylation sites (tertiary alicyclic amines) is 1. The molecule has 0 saturated carbocycles. The van der Waals surface area contributed by atoms with Crippen molar-refractivity contribution in [2.75, 3.05) is 26.7 Å². The molecule has 1 aliphatic rings. The maximum absolute atomic E-state index is 12.2. The quantitative estimate of drug-likeness (QED) is 0.784. The van der Waals surface area contributed by atoms with Gasteiger partial charge in [0.2, 0.25) is 0 Å². The number of carboxylic acids is 1. The highest BCUT2D eigenvalue weighted by molar-refractivity contribution is 5.82. The molecule has 1 rings (SSSR count). The van der Waals surface area contributed by atoms with Gasteiger partial charge in [0.15, 0.2) is 0 Å². The van der Waals surface area contributed by atoms with Gasteiger partial charge < -0.3 is 20.2 Å². The fourth-order valence-electron chi connectivity index (χ4n) is 2.58. The predicted molar refractivity (Wildman–Crippen MR) is 82.4 cm³/mol. The molecule has 0 aromatic carbocycles. The first-order valence-corrected chi connectivity index (χ1v) is 7.94. The van der Waals surface area contributed by atoms with Crippen LogP contribution in [0.2, 0.25) is 0 Å². The maximum Gasteiger partial charge on any atom is 0.326 e. The van der Waals surface area contributed by atoms with Crippen molar-refractivity contribution in [1.82, 2.24) is 15.1 Å². The third kappa shape index (κ3) is 5.53. The summed E-state index contributed by atoms with van der Waals surface area (Å²) < 4.78 is 0. The molecule has 0 spiro atoms. The van der Waals surface area contributed by atoms with Gasteiger partial charge in [-0.05, 0) is 33.2 Å². The van der Waals surface area contributed by atoms with Gasteiger partial charge in [-0.3, -0.25) is 0 Å². The van der Waals surface area contributed by atoms with Crippen molar-refractivity contribution in [3.63, 3.8) is 0 Å². The van der Waals surface area contributed by atoms with Crippen LogP contribution in [0, 0.1) is 0 Å². The second-order valence-electron chi connectivity index (χ2n) is 5.87. The molecule has 0 aromatic heterocycles. The molecule has 21 heavy (non-hydrogen) atoms. The minimum absolute atomic E-state index is 0.248. The van der Waals surface area contributed by atoms with Gasteiger partial charge in [0.1, 0.15) is 6.04 Å². The summed E-state index contributed by atoms with van der Waals surface area (Å²) in [6.45, 7) is 6.13. The summed E-state index contributed by atoms with van der Waals surface area (Å²) in [5.74, 6) is -0.899. The number of carbonyl (C=O) groups is 2. The molecule has 2 atom stereocenters. The van der Waals surface area contributed by atoms with Crippen molar-refractivity contribution in [2.24, 2.45) is 0 Å². The topological polar surface area (TPSA) is 72.9 Å². The van der Waals surface area contributed by atoms with E-state index in [-0.39, 0.29) is 6.03 Å². The molecule has 6 nitrogen and oxygen atoms in total. The third-order valence-electron chi connectivity index (χ3n) is 4.38. The average Bonchev–Trinajstić information content (AvgIpc) is 2.71. The normalized spacial score (nSPS) is 21.0. The van der Waals surface area contributed by atoms with E-state index in [0.717, 1.165) is 32.2 Å². The van der Waals surface area contributed by atoms with Crippen LogP contribution in [0.4, 0.5) is 4.79 Å². The Morgan fingerprint density at radius 1 is 1.38 bits per heavy atom. The Morgan fingerprint density at radius 2 is 2.10 bits per heavy atom. The number of nitrogens with one attached hydrogen (secondary N) is 1. The SMILES string of the molecule is CCC(C)N(C)CCNC(=O)N1CCCCCC1C(=O)O. The maximum atomic E-state index is 12.2. The first kappa shape index (κ1) is 17.8. The highest BCUT2D eigenvalue weighted by Crippen LogP contribution is 2.17. The summed E-state index contributed by atoms with van der Waals surface area (Å²) in [6.07, 6.45) is 4.36. The molecule has 1 saturated heterocycles. The molecule has 2 unspecified atom stereocenters. The van der Waals surface area contributed by atoms with E-state index >= 15 is 0 Å². The van der Waals surface area contributed by atoms with Gasteiger partial charge in [0.05, 0.1) is 0 Å². The molecule has 1 aliphatic heterocycles. The van der Waals surface area contributed by atoms with E-state index in [1.807, 2.05) is 7.05 Å². The summed E-state index contributed by atoms with van der Waals surface area (Å²) in [4.78, 5) is 27.2. The van der Waals surface area contributed by atoms with E-state index < -0.39 is 12.0 Å². The summed E-state index contributed by atoms with van der Waals surface area (Å²) in [5, 5.41) is 12.1. The van der Waals surface area contributed by atoms with Crippen LogP contribution in [-0.2, 0) is 4.79 Å². The first-order chi connectivity index (χ1) is 9.97. The highest BCUT2D eigenvalue weighted by atomic mass is 16.4. The lowest BCUT2D eigenvalue weighted by atomic mass is 10.1. The molecule has 1 heterocycles. The molecule has 6 heteroatoms. The number of rotatable bonds is 6. The summed E-state index contributed by atoms with van der Waals surface area (Å²) in [5.41, 5.74) is 0. The number of hydrogen-bond acceptors (Lipinski definition) is 3. The van der Waals surface area contributed by atoms with Crippen molar-refractivity contribution < 1.29 is 14.7 Å². The van der Waals surface area contributed by atoms with Gasteiger partial charge in [-0.25, -0.2) is 9.59 Å². The second kappa shape index (κ2) is 8.87. The van der Waals surface area contributed by atoms with Gasteiger partial charge in [-0.1, -0.05) is 19.8 Å². The third-order valence-corrected chi connectivity index (χ3v) is 4.38. The Labute approximate surface area is 127 Å². The fraction of sp³-hybridized carbons (Fsp3) is 0.867. The van der Waals surface area contributed by atoms with Crippen LogP contribution in [0.1, 0.15) is 46.0 Å². The van der Waals surface area contributed by atoms with Gasteiger partial charge in [-0.2, -0.15) is 0 Å². The Morgan fingerprint density at radius 3 is 2.71 bits per heavy atom. The fourth-order valence-corrected chi connectivity index (χ4v) is 2.58. The monoisotopic (exact) mass is 299 g/mol. The number of nitrogens with zero attached hydrogens (tertiary/aromatic N) is 2. The van der Waals surface area contributed by atoms with Gasteiger partial charge in [0, 0.05) is 25.7 Å². The van der Waals surface area contributed by atoms with Crippen molar-refractivity contribution in [1.29, 1.82) is 0 Å². The smallest absolute Gasteiger partial charge is 0.326 e. The lowest BCUT2D eigenvalue weighted by Crippen LogP contribution is -2.50. The lowest BCUT2D eigenvalue weighted by molar-refractivity contribution is -0.142. The molecule has 0 bridgehead atoms. The molecule has 0 radical (unpaired) electrons. The highest BCUT2D eigenvalue weighted by Gasteiger charge is 2.30. The van der Waals surface area contributed by atoms with Gasteiger partial charge in [-0.15, -0.1) is 0 Å². The van der Waals surface area contributed by atoms with Crippen LogP contribution in [-0.4, -0.2) is 65.7 Å². The number of carbonyl (C=O) groups excluding carboxylic acids is 1. The predicted octanol–water partition coefficient (Wildman–Crippen LogP) is 1.76. The second-order valence-corrected chi connectivity index (χ2v) is 5.87. The van der Waals surface area contributed by atoms with Crippen LogP contribution in [0.15, 0.2) is 0 Å². The molecule has 1 fully saturated rings. The average molecular weight is 299 g/mol. The van der Waals surface area contributed by atoms with Crippen LogP contribution >= 0.6 is 0 Å². The van der Waals surface area contributed by atoms with Gasteiger partial charge >= 0.3 is 12.0 Å². The first-order valence-electron chi connectivity index (χ1n) is 7.94. The summed E-state index contributed by atoms with van der Waals surface area (Å²) in [7, 11) is 2.03. The zero-order valence-corrected chi connectivity index (χ0v) is 13.5. The zero-order valence-electron chi connectivity index (χ0n) is 13.5. The van der Waals surface area contributed by atoms with E-state index in [1.165, 1.54) is 4.90 Å². The molecule has 2 N–H and O–H groups in total. The number of urea groups is 1. The van der Waals surface area contributed by atoms with Crippen molar-refractivity contribution in [2.45, 2.75) is 58.0 Å². The zero-order chi connectivity index (χ0) is 15.8. The largest absolute Gasteiger partial charge is 0.480 e. The molecule has 0 aliphatic carbocycles. The minimum atomic E-state index is -0.899. The number of likely N-dealkylation sites (N-methyl/N-ethyl adjacent to an activating group) is 1. The number of amides is 2. The number of hydrogen-bond donors (Lipinski definition) is 2. The standard InChI is InChI=1S/C15H29N3O3/c1-4-12(2)17(3)11-9-16-15(21)18-10-7-5-6-8-13(18)14(19)20/h12-13H,4-11H2,1-3H3,(H,16,21)(H,19,20). The minimum Gasteiger partial charge on any atom is -0.480 e. The molecule has 122 valence electrons. The van der Waals surface area contributed by atoms with Crippen molar-refractivity contribution >= 4 is 12.0 Å². The summed E-state index contributed by atoms with van der Waals surface area (Å²) in [6, 6.07) is -0.450. The Hall–Kier alpha value is -1.30. The number of aliphatic carboxylic acids is 1. The van der Waals surface area contributed by atoms with Crippen LogP contribution in [0.3, 0.4) is 0 Å². The Balaban J connectivity index is 2.46. The molecular weight excluding hydrogens is 270 g/mol. The van der Waals surface area contributed by atoms with Crippen molar-refractivity contribution in [3.8, 4) is 0 Å². The molecule has 2 amide bonds. The Kier molecular flexibility index (Phi) is 7.50. The summed E-state index contributed by atoms with van der Waals surface area (Å²) >= 11 is 0. The van der Waals surface area contributed by atoms with E-state index in [9.17, 15) is 14.7 Å². The van der Waals surface area contributed by atoms with E-state index in [4.69, 9.17) is 0 Å². The molecule has 0 aromatic rings. The van der Waals surface area contributed by atoms with Crippen molar-refractivity contribution in [3.05, 3.63) is 0 Å². The van der Waals surface area contributed by atoms with E-state index in [0.29, 0.717) is 25.6 Å².